The summed E-state index contributed by atoms with van der Waals surface area (Å²) < 4.78 is 35.2. The third-order valence-corrected chi connectivity index (χ3v) is 1.84. The van der Waals surface area contributed by atoms with Gasteiger partial charge in [0.15, 0.2) is 0 Å². The monoisotopic (exact) mass is 225 g/mol. The normalized spacial score (nSPS) is 14.9. The summed E-state index contributed by atoms with van der Waals surface area (Å²) in [6.07, 6.45) is -5.33. The van der Waals surface area contributed by atoms with E-state index >= 15 is 0 Å². The van der Waals surface area contributed by atoms with Gasteiger partial charge in [0.05, 0.1) is 6.42 Å². The lowest BCUT2D eigenvalue weighted by Gasteiger charge is -2.25. The molecule has 0 saturated heterocycles. The average molecular weight is 225 g/mol. The lowest BCUT2D eigenvalue weighted by atomic mass is 9.87. The molecule has 0 aliphatic carbocycles. The van der Waals surface area contributed by atoms with Crippen LogP contribution in [0.2, 0.25) is 0 Å². The molecule has 0 bridgehead atoms. The first-order valence-electron chi connectivity index (χ1n) is 4.59. The summed E-state index contributed by atoms with van der Waals surface area (Å²) in [6.45, 7) is 4.60. The van der Waals surface area contributed by atoms with Crippen LogP contribution >= 0.6 is 0 Å². The highest BCUT2D eigenvalue weighted by Gasteiger charge is 2.30. The smallest absolute Gasteiger partial charge is 0.354 e. The van der Waals surface area contributed by atoms with E-state index in [0.717, 1.165) is 0 Å². The van der Waals surface area contributed by atoms with Crippen LogP contribution in [0.3, 0.4) is 0 Å². The summed E-state index contributed by atoms with van der Waals surface area (Å²) in [5, 5.41) is 2.10. The van der Waals surface area contributed by atoms with Gasteiger partial charge >= 0.3 is 6.18 Å². The molecule has 89 valence electrons. The van der Waals surface area contributed by atoms with E-state index in [2.05, 4.69) is 5.32 Å². The molecule has 0 aromatic rings. The summed E-state index contributed by atoms with van der Waals surface area (Å²) >= 11 is 0. The summed E-state index contributed by atoms with van der Waals surface area (Å²) in [6, 6.07) is -1.05. The summed E-state index contributed by atoms with van der Waals surface area (Å²) in [5.41, 5.74) is 6.90. The maximum absolute atomic E-state index is 11.7. The topological polar surface area (TPSA) is 52.9 Å². The van der Waals surface area contributed by atoms with E-state index < -0.39 is 36.5 Å². The Hall–Kier alpha value is -0.780. The van der Waals surface area contributed by atoms with Crippen LogP contribution in [0.1, 0.15) is 27.2 Å². The highest BCUT2D eigenvalue weighted by molar-refractivity contribution is 5.82. The second-order valence-corrected chi connectivity index (χ2v) is 4.46. The van der Waals surface area contributed by atoms with Crippen LogP contribution in [0.25, 0.3) is 0 Å². The minimum Gasteiger partial charge on any atom is -0.354 e. The number of halogens is 3. The SMILES string of the molecule is CC(C)(C)C([NH])C(=O)NCCC(F)(F)F. The summed E-state index contributed by atoms with van der Waals surface area (Å²) in [7, 11) is 0. The van der Waals surface area contributed by atoms with Crippen LogP contribution in [0.5, 0.6) is 0 Å². The molecule has 0 aliphatic heterocycles. The Labute approximate surface area is 87.2 Å². The number of hydrogen-bond donors (Lipinski definition) is 1. The molecule has 0 rings (SSSR count). The van der Waals surface area contributed by atoms with E-state index in [-0.39, 0.29) is 0 Å². The molecule has 1 amide bonds. The number of alkyl halides is 3. The van der Waals surface area contributed by atoms with E-state index in [1.807, 2.05) is 0 Å². The van der Waals surface area contributed by atoms with E-state index in [4.69, 9.17) is 5.73 Å². The highest BCUT2D eigenvalue weighted by Crippen LogP contribution is 2.20. The number of carbonyl (C=O) groups excluding carboxylic acids is 1. The van der Waals surface area contributed by atoms with Crippen molar-refractivity contribution in [3.8, 4) is 0 Å². The lowest BCUT2D eigenvalue weighted by Crippen LogP contribution is -2.44. The number of rotatable bonds is 3. The standard InChI is InChI=1S/C9H16F3N2O/c1-8(2,3)6(13)7(15)14-5-4-9(10,11)12/h6,13H,4-5H2,1-3H3,(H,14,15). The highest BCUT2D eigenvalue weighted by atomic mass is 19.4. The Bertz CT molecular complexity index is 220. The van der Waals surface area contributed by atoms with Crippen molar-refractivity contribution >= 4 is 5.91 Å². The molecule has 1 atom stereocenters. The van der Waals surface area contributed by atoms with Gasteiger partial charge in [0.2, 0.25) is 5.91 Å². The first-order valence-corrected chi connectivity index (χ1v) is 4.59. The Kier molecular flexibility index (Phi) is 4.58. The predicted molar refractivity (Wildman–Crippen MR) is 50.0 cm³/mol. The third-order valence-electron chi connectivity index (χ3n) is 1.84. The van der Waals surface area contributed by atoms with Crippen molar-refractivity contribution in [2.75, 3.05) is 6.54 Å². The molecule has 0 aromatic heterocycles. The van der Waals surface area contributed by atoms with E-state index in [1.165, 1.54) is 0 Å². The van der Waals surface area contributed by atoms with Gasteiger partial charge in [-0.15, -0.1) is 0 Å². The van der Waals surface area contributed by atoms with Gasteiger partial charge in [0.1, 0.15) is 6.04 Å². The van der Waals surface area contributed by atoms with Gasteiger partial charge in [-0.1, -0.05) is 20.8 Å². The Morgan fingerprint density at radius 1 is 1.33 bits per heavy atom. The number of nitrogens with one attached hydrogen (secondary N) is 2. The number of carbonyl (C=O) groups is 1. The largest absolute Gasteiger partial charge is 0.390 e. The molecule has 0 saturated carbocycles. The molecule has 1 unspecified atom stereocenters. The molecule has 1 radical (unpaired) electrons. The van der Waals surface area contributed by atoms with E-state index in [1.54, 1.807) is 20.8 Å². The van der Waals surface area contributed by atoms with Gasteiger partial charge in [-0.2, -0.15) is 13.2 Å². The van der Waals surface area contributed by atoms with Crippen molar-refractivity contribution < 1.29 is 18.0 Å². The Morgan fingerprint density at radius 2 is 1.80 bits per heavy atom. The van der Waals surface area contributed by atoms with Crippen LogP contribution in [0, 0.1) is 5.41 Å². The quantitative estimate of drug-likeness (QED) is 0.781. The lowest BCUT2D eigenvalue weighted by molar-refractivity contribution is -0.136. The van der Waals surface area contributed by atoms with Gasteiger partial charge < -0.3 is 5.32 Å². The van der Waals surface area contributed by atoms with Gasteiger partial charge in [-0.25, -0.2) is 5.73 Å². The van der Waals surface area contributed by atoms with Crippen LogP contribution in [0.4, 0.5) is 13.2 Å². The van der Waals surface area contributed by atoms with Crippen molar-refractivity contribution in [1.82, 2.24) is 11.1 Å². The molecular formula is C9H16F3N2O. The fourth-order valence-electron chi connectivity index (χ4n) is 0.823. The fourth-order valence-corrected chi connectivity index (χ4v) is 0.823. The van der Waals surface area contributed by atoms with Gasteiger partial charge in [0.25, 0.3) is 0 Å². The Morgan fingerprint density at radius 3 is 2.13 bits per heavy atom. The van der Waals surface area contributed by atoms with Crippen LogP contribution in [-0.2, 0) is 4.79 Å². The predicted octanol–water partition coefficient (Wildman–Crippen LogP) is 1.75. The molecule has 15 heavy (non-hydrogen) atoms. The second kappa shape index (κ2) is 4.83. The first kappa shape index (κ1) is 14.2. The van der Waals surface area contributed by atoms with Gasteiger partial charge in [0, 0.05) is 6.54 Å². The van der Waals surface area contributed by atoms with E-state index in [9.17, 15) is 18.0 Å². The van der Waals surface area contributed by atoms with Crippen molar-refractivity contribution in [3.05, 3.63) is 0 Å². The van der Waals surface area contributed by atoms with E-state index in [0.29, 0.717) is 0 Å². The second-order valence-electron chi connectivity index (χ2n) is 4.46. The number of amides is 1. The molecule has 0 fully saturated rings. The van der Waals surface area contributed by atoms with Crippen molar-refractivity contribution in [2.24, 2.45) is 5.41 Å². The fraction of sp³-hybridized carbons (Fsp3) is 0.889. The van der Waals surface area contributed by atoms with Gasteiger partial charge in [-0.05, 0) is 5.41 Å². The molecule has 0 heterocycles. The zero-order chi connectivity index (χ0) is 12.3. The molecule has 6 heteroatoms. The third kappa shape index (κ3) is 6.33. The van der Waals surface area contributed by atoms with Crippen LogP contribution in [0.15, 0.2) is 0 Å². The molecule has 0 aliphatic rings. The molecular weight excluding hydrogens is 209 g/mol. The number of hydrogen-bond acceptors (Lipinski definition) is 1. The Balaban J connectivity index is 3.96. The summed E-state index contributed by atoms with van der Waals surface area (Å²) in [5.74, 6) is -0.660. The molecule has 3 nitrogen and oxygen atoms in total. The molecule has 0 spiro atoms. The molecule has 0 aromatic carbocycles. The van der Waals surface area contributed by atoms with Crippen LogP contribution in [-0.4, -0.2) is 24.7 Å². The maximum atomic E-state index is 11.7. The maximum Gasteiger partial charge on any atom is 0.390 e. The van der Waals surface area contributed by atoms with Crippen molar-refractivity contribution in [3.63, 3.8) is 0 Å². The zero-order valence-corrected chi connectivity index (χ0v) is 9.03. The van der Waals surface area contributed by atoms with Crippen molar-refractivity contribution in [1.29, 1.82) is 0 Å². The molecule has 2 N–H and O–H groups in total. The average Bonchev–Trinajstić information content (AvgIpc) is 1.98. The minimum absolute atomic E-state index is 0.464. The van der Waals surface area contributed by atoms with Gasteiger partial charge in [-0.3, -0.25) is 4.79 Å². The summed E-state index contributed by atoms with van der Waals surface area (Å²) in [4.78, 5) is 11.2. The minimum atomic E-state index is -4.27. The van der Waals surface area contributed by atoms with Crippen molar-refractivity contribution in [2.45, 2.75) is 39.4 Å². The van der Waals surface area contributed by atoms with Crippen LogP contribution < -0.4 is 11.1 Å². The zero-order valence-electron chi connectivity index (χ0n) is 9.03. The first-order chi connectivity index (χ1) is 6.54.